The molecule has 0 aliphatic carbocycles. The van der Waals surface area contributed by atoms with E-state index < -0.39 is 0 Å². The Hall–Kier alpha value is 0.310. The van der Waals surface area contributed by atoms with Crippen LogP contribution in [0.2, 0.25) is 0 Å². The molecule has 0 aromatic carbocycles. The Morgan fingerprint density at radius 1 is 0.708 bits per heavy atom. The van der Waals surface area contributed by atoms with Crippen LogP contribution in [0, 0.1) is 11.8 Å². The summed E-state index contributed by atoms with van der Waals surface area (Å²) in [5, 5.41) is 0. The van der Waals surface area contributed by atoms with Crippen LogP contribution in [0.25, 0.3) is 0 Å². The topological polar surface area (TPSA) is 3.24 Å². The fourth-order valence-electron chi connectivity index (χ4n) is 3.18. The van der Waals surface area contributed by atoms with Crippen LogP contribution in [0.15, 0.2) is 0 Å². The number of hydrogen-bond acceptors (Lipinski definition) is 2. The van der Waals surface area contributed by atoms with Crippen molar-refractivity contribution in [2.75, 3.05) is 31.6 Å². The van der Waals surface area contributed by atoms with Crippen molar-refractivity contribution in [2.24, 2.45) is 11.8 Å². The van der Waals surface area contributed by atoms with Crippen molar-refractivity contribution in [3.8, 4) is 0 Å². The number of nitrogens with zero attached hydrogens (tertiary/aromatic N) is 1. The maximum atomic E-state index is 2.53. The summed E-state index contributed by atoms with van der Waals surface area (Å²) in [4.78, 5) is 2.53. The molecule has 0 saturated heterocycles. The maximum Gasteiger partial charge on any atom is 0.00694 e. The van der Waals surface area contributed by atoms with Gasteiger partial charge in [0.05, 0.1) is 0 Å². The highest BCUT2D eigenvalue weighted by atomic mass is 32.2. The summed E-state index contributed by atoms with van der Waals surface area (Å²) in [6, 6.07) is 0. The molecule has 0 saturated carbocycles. The van der Waals surface area contributed by atoms with Gasteiger partial charge in [-0.25, -0.2) is 0 Å². The van der Waals surface area contributed by atoms with Crippen molar-refractivity contribution < 1.29 is 0 Å². The molecule has 24 heavy (non-hydrogen) atoms. The highest BCUT2D eigenvalue weighted by molar-refractivity contribution is 7.99. The Labute approximate surface area is 158 Å². The van der Waals surface area contributed by atoms with Crippen molar-refractivity contribution in [1.82, 2.24) is 4.90 Å². The molecule has 0 aromatic rings. The standard InChI is InChI=1S/C22H47NS/c1-6-8-9-10-11-12-13-14-15-16-18-24-19-17-23(5)20-22(4)21(3)7-2/h21-22H,6-20H2,1-5H3. The van der Waals surface area contributed by atoms with Crippen LogP contribution in [-0.2, 0) is 0 Å². The second-order valence-corrected chi connectivity index (χ2v) is 9.14. The lowest BCUT2D eigenvalue weighted by atomic mass is 9.93. The van der Waals surface area contributed by atoms with Crippen LogP contribution >= 0.6 is 11.8 Å². The van der Waals surface area contributed by atoms with Gasteiger partial charge in [0.2, 0.25) is 0 Å². The van der Waals surface area contributed by atoms with Gasteiger partial charge in [-0.2, -0.15) is 11.8 Å². The number of unbranched alkanes of at least 4 members (excludes halogenated alkanes) is 9. The molecule has 0 rings (SSSR count). The fourth-order valence-corrected chi connectivity index (χ4v) is 4.23. The first-order valence-electron chi connectivity index (χ1n) is 10.9. The summed E-state index contributed by atoms with van der Waals surface area (Å²) < 4.78 is 0. The largest absolute Gasteiger partial charge is 0.305 e. The fraction of sp³-hybridized carbons (Fsp3) is 1.00. The molecule has 0 radical (unpaired) electrons. The van der Waals surface area contributed by atoms with E-state index in [-0.39, 0.29) is 0 Å². The Bertz CT molecular complexity index is 244. The van der Waals surface area contributed by atoms with Crippen LogP contribution in [0.4, 0.5) is 0 Å². The second-order valence-electron chi connectivity index (χ2n) is 7.92. The molecule has 2 heteroatoms. The molecule has 1 nitrogen and oxygen atoms in total. The van der Waals surface area contributed by atoms with E-state index in [0.717, 1.165) is 11.8 Å². The van der Waals surface area contributed by atoms with E-state index >= 15 is 0 Å². The minimum atomic E-state index is 0.826. The molecule has 0 aromatic heterocycles. The van der Waals surface area contributed by atoms with E-state index in [4.69, 9.17) is 0 Å². The minimum Gasteiger partial charge on any atom is -0.305 e. The van der Waals surface area contributed by atoms with Crippen molar-refractivity contribution in [1.29, 1.82) is 0 Å². The zero-order valence-electron chi connectivity index (χ0n) is 17.6. The molecule has 0 N–H and O–H groups in total. The average molecular weight is 358 g/mol. The molecule has 146 valence electrons. The summed E-state index contributed by atoms with van der Waals surface area (Å²) in [7, 11) is 2.29. The van der Waals surface area contributed by atoms with Gasteiger partial charge < -0.3 is 4.90 Å². The van der Waals surface area contributed by atoms with Crippen molar-refractivity contribution in [3.05, 3.63) is 0 Å². The smallest absolute Gasteiger partial charge is 0.00694 e. The molecular formula is C22H47NS. The second kappa shape index (κ2) is 18.1. The van der Waals surface area contributed by atoms with Crippen LogP contribution in [0.3, 0.4) is 0 Å². The van der Waals surface area contributed by atoms with Gasteiger partial charge in [-0.15, -0.1) is 0 Å². The van der Waals surface area contributed by atoms with Gasteiger partial charge in [0.25, 0.3) is 0 Å². The normalized spacial score (nSPS) is 14.2. The number of hydrogen-bond donors (Lipinski definition) is 0. The first kappa shape index (κ1) is 24.3. The van der Waals surface area contributed by atoms with Gasteiger partial charge in [0.1, 0.15) is 0 Å². The Morgan fingerprint density at radius 3 is 1.79 bits per heavy atom. The third-order valence-electron chi connectivity index (χ3n) is 5.47. The highest BCUT2D eigenvalue weighted by Gasteiger charge is 2.12. The molecule has 0 fully saturated rings. The molecule has 0 aliphatic rings. The Kier molecular flexibility index (Phi) is 18.3. The summed E-state index contributed by atoms with van der Waals surface area (Å²) in [6.07, 6.45) is 15.8. The molecule has 0 bridgehead atoms. The van der Waals surface area contributed by atoms with Crippen LogP contribution in [-0.4, -0.2) is 36.5 Å². The van der Waals surface area contributed by atoms with Gasteiger partial charge in [-0.05, 0) is 31.1 Å². The summed E-state index contributed by atoms with van der Waals surface area (Å²) >= 11 is 2.16. The summed E-state index contributed by atoms with van der Waals surface area (Å²) in [5.41, 5.74) is 0. The molecule has 2 unspecified atom stereocenters. The predicted octanol–water partition coefficient (Wildman–Crippen LogP) is 7.25. The summed E-state index contributed by atoms with van der Waals surface area (Å²) in [6.45, 7) is 11.9. The first-order valence-corrected chi connectivity index (χ1v) is 12.0. The van der Waals surface area contributed by atoms with Crippen molar-refractivity contribution >= 4 is 11.8 Å². The Morgan fingerprint density at radius 2 is 1.25 bits per heavy atom. The molecule has 0 heterocycles. The maximum absolute atomic E-state index is 2.53. The van der Waals surface area contributed by atoms with Crippen molar-refractivity contribution in [3.63, 3.8) is 0 Å². The van der Waals surface area contributed by atoms with E-state index in [9.17, 15) is 0 Å². The van der Waals surface area contributed by atoms with E-state index in [2.05, 4.69) is 51.4 Å². The lowest BCUT2D eigenvalue weighted by Gasteiger charge is -2.25. The van der Waals surface area contributed by atoms with Gasteiger partial charge in [0.15, 0.2) is 0 Å². The molecular weight excluding hydrogens is 310 g/mol. The lowest BCUT2D eigenvalue weighted by Crippen LogP contribution is -2.29. The van der Waals surface area contributed by atoms with E-state index in [1.165, 1.54) is 95.2 Å². The SMILES string of the molecule is CCCCCCCCCCCCSCCN(C)CC(C)C(C)CC. The third-order valence-corrected chi connectivity index (χ3v) is 6.52. The first-order chi connectivity index (χ1) is 11.6. The lowest BCUT2D eigenvalue weighted by molar-refractivity contribution is 0.247. The van der Waals surface area contributed by atoms with Gasteiger partial charge in [0, 0.05) is 18.8 Å². The quantitative estimate of drug-likeness (QED) is 0.238. The van der Waals surface area contributed by atoms with Gasteiger partial charge >= 0.3 is 0 Å². The average Bonchev–Trinajstić information content (AvgIpc) is 2.58. The molecule has 0 aliphatic heterocycles. The van der Waals surface area contributed by atoms with Crippen LogP contribution < -0.4 is 0 Å². The highest BCUT2D eigenvalue weighted by Crippen LogP contribution is 2.16. The Balaban J connectivity index is 3.24. The van der Waals surface area contributed by atoms with E-state index in [1.54, 1.807) is 0 Å². The van der Waals surface area contributed by atoms with Gasteiger partial charge in [-0.1, -0.05) is 91.9 Å². The minimum absolute atomic E-state index is 0.826. The van der Waals surface area contributed by atoms with Crippen LogP contribution in [0.5, 0.6) is 0 Å². The monoisotopic (exact) mass is 357 g/mol. The predicted molar refractivity (Wildman–Crippen MR) is 115 cm³/mol. The van der Waals surface area contributed by atoms with Crippen molar-refractivity contribution in [2.45, 2.75) is 98.3 Å². The summed E-state index contributed by atoms with van der Waals surface area (Å²) in [5.74, 6) is 4.35. The number of rotatable bonds is 18. The van der Waals surface area contributed by atoms with E-state index in [0.29, 0.717) is 0 Å². The van der Waals surface area contributed by atoms with Gasteiger partial charge in [-0.3, -0.25) is 0 Å². The molecule has 0 amide bonds. The van der Waals surface area contributed by atoms with Crippen LogP contribution in [0.1, 0.15) is 98.3 Å². The molecule has 0 spiro atoms. The van der Waals surface area contributed by atoms with E-state index in [1.807, 2.05) is 0 Å². The third kappa shape index (κ3) is 15.8. The number of thioether (sulfide) groups is 1. The zero-order chi connectivity index (χ0) is 18.0. The molecule has 2 atom stereocenters. The zero-order valence-corrected chi connectivity index (χ0v) is 18.4.